The lowest BCUT2D eigenvalue weighted by Crippen LogP contribution is -2.11. The Bertz CT molecular complexity index is 610. The third-order valence-electron chi connectivity index (χ3n) is 3.19. The molecule has 3 rings (SSSR count). The summed E-state index contributed by atoms with van der Waals surface area (Å²) >= 11 is 0. The van der Waals surface area contributed by atoms with E-state index in [9.17, 15) is 0 Å². The number of amidine groups is 1. The molecule has 4 heteroatoms. The lowest BCUT2D eigenvalue weighted by molar-refractivity contribution is 0.306. The van der Waals surface area contributed by atoms with E-state index >= 15 is 0 Å². The maximum atomic E-state index is 5.81. The number of rotatable bonds is 4. The number of benzene rings is 2. The number of hydrazone groups is 1. The van der Waals surface area contributed by atoms with E-state index in [0.717, 1.165) is 30.0 Å². The van der Waals surface area contributed by atoms with Crippen LogP contribution in [0.5, 0.6) is 5.75 Å². The number of nitrogens with zero attached hydrogens (tertiary/aromatic N) is 2. The molecule has 0 bridgehead atoms. The second kappa shape index (κ2) is 5.65. The van der Waals surface area contributed by atoms with Crippen molar-refractivity contribution in [2.75, 3.05) is 11.6 Å². The highest BCUT2D eigenvalue weighted by molar-refractivity contribution is 5.84. The Kier molecular flexibility index (Phi) is 3.54. The third kappa shape index (κ3) is 2.91. The fourth-order valence-corrected chi connectivity index (χ4v) is 2.14. The molecule has 0 atom stereocenters. The topological polar surface area (TPSA) is 50.8 Å². The fourth-order valence-electron chi connectivity index (χ4n) is 2.14. The van der Waals surface area contributed by atoms with Crippen molar-refractivity contribution >= 4 is 11.5 Å². The van der Waals surface area contributed by atoms with E-state index in [1.54, 1.807) is 0 Å². The number of anilines is 1. The van der Waals surface area contributed by atoms with Crippen LogP contribution in [0.4, 0.5) is 5.69 Å². The van der Waals surface area contributed by atoms with Crippen LogP contribution < -0.4 is 15.5 Å². The van der Waals surface area contributed by atoms with Crippen LogP contribution in [0.25, 0.3) is 0 Å². The van der Waals surface area contributed by atoms with Gasteiger partial charge in [-0.1, -0.05) is 36.4 Å². The first-order valence-corrected chi connectivity index (χ1v) is 6.68. The molecule has 2 aromatic rings. The highest BCUT2D eigenvalue weighted by atomic mass is 16.5. The molecule has 0 aliphatic carbocycles. The first-order valence-electron chi connectivity index (χ1n) is 6.68. The van der Waals surface area contributed by atoms with Gasteiger partial charge in [0.15, 0.2) is 0 Å². The van der Waals surface area contributed by atoms with Crippen molar-refractivity contribution in [3.05, 3.63) is 60.2 Å². The Balaban J connectivity index is 1.69. The molecule has 1 heterocycles. The van der Waals surface area contributed by atoms with Gasteiger partial charge >= 0.3 is 0 Å². The Morgan fingerprint density at radius 3 is 2.70 bits per heavy atom. The number of hydrogen-bond donors (Lipinski definition) is 1. The van der Waals surface area contributed by atoms with Gasteiger partial charge in [-0.3, -0.25) is 5.01 Å². The Morgan fingerprint density at radius 1 is 1.10 bits per heavy atom. The molecule has 20 heavy (non-hydrogen) atoms. The molecule has 0 amide bonds. The van der Waals surface area contributed by atoms with Crippen LogP contribution in [-0.2, 0) is 6.61 Å². The molecule has 0 spiro atoms. The summed E-state index contributed by atoms with van der Waals surface area (Å²) in [5.41, 5.74) is 7.88. The van der Waals surface area contributed by atoms with Crippen molar-refractivity contribution in [3.63, 3.8) is 0 Å². The monoisotopic (exact) mass is 267 g/mol. The second-order valence-corrected chi connectivity index (χ2v) is 4.74. The standard InChI is InChI=1S/C16H17N3O/c17-16-9-10-19(18-16)14-7-4-8-15(11-14)20-12-13-5-2-1-3-6-13/h1-8,11H,9-10,12H2,(H2,17,18). The fraction of sp³-hybridized carbons (Fsp3) is 0.188. The molecule has 2 N–H and O–H groups in total. The van der Waals surface area contributed by atoms with Crippen molar-refractivity contribution in [2.24, 2.45) is 10.8 Å². The Hall–Kier alpha value is -2.49. The quantitative estimate of drug-likeness (QED) is 0.926. The molecule has 2 aromatic carbocycles. The minimum absolute atomic E-state index is 0.565. The molecule has 0 fully saturated rings. The van der Waals surface area contributed by atoms with E-state index in [0.29, 0.717) is 12.4 Å². The molecule has 1 aliphatic rings. The number of hydrogen-bond acceptors (Lipinski definition) is 4. The zero-order chi connectivity index (χ0) is 13.8. The summed E-state index contributed by atoms with van der Waals surface area (Å²) in [6.45, 7) is 1.39. The normalized spacial score (nSPS) is 14.2. The lowest BCUT2D eigenvalue weighted by Gasteiger charge is -2.14. The maximum Gasteiger partial charge on any atom is 0.122 e. The molecule has 0 saturated heterocycles. The van der Waals surface area contributed by atoms with E-state index in [4.69, 9.17) is 10.5 Å². The second-order valence-electron chi connectivity index (χ2n) is 4.74. The predicted molar refractivity (Wildman–Crippen MR) is 80.8 cm³/mol. The van der Waals surface area contributed by atoms with Crippen LogP contribution in [0.2, 0.25) is 0 Å². The van der Waals surface area contributed by atoms with E-state index < -0.39 is 0 Å². The summed E-state index contributed by atoms with van der Waals surface area (Å²) in [5, 5.41) is 6.20. The van der Waals surface area contributed by atoms with Crippen LogP contribution in [0.15, 0.2) is 59.7 Å². The number of nitrogens with two attached hydrogens (primary N) is 1. The van der Waals surface area contributed by atoms with Gasteiger partial charge in [0, 0.05) is 19.0 Å². The Labute approximate surface area is 118 Å². The summed E-state index contributed by atoms with van der Waals surface area (Å²) in [5.74, 6) is 1.52. The molecule has 1 aliphatic heterocycles. The van der Waals surface area contributed by atoms with Gasteiger partial charge in [-0.05, 0) is 17.7 Å². The first-order chi connectivity index (χ1) is 9.81. The summed E-state index contributed by atoms with van der Waals surface area (Å²) < 4.78 is 5.81. The minimum Gasteiger partial charge on any atom is -0.489 e. The number of ether oxygens (including phenoxy) is 1. The van der Waals surface area contributed by atoms with Crippen LogP contribution in [0.1, 0.15) is 12.0 Å². The van der Waals surface area contributed by atoms with Gasteiger partial charge in [0.05, 0.1) is 5.69 Å². The first kappa shape index (κ1) is 12.5. The van der Waals surface area contributed by atoms with Crippen LogP contribution in [0, 0.1) is 0 Å². The molecule has 0 aromatic heterocycles. The molecule has 0 saturated carbocycles. The zero-order valence-electron chi connectivity index (χ0n) is 11.2. The average molecular weight is 267 g/mol. The summed E-state index contributed by atoms with van der Waals surface area (Å²) in [6, 6.07) is 18.1. The van der Waals surface area contributed by atoms with Gasteiger partial charge in [0.25, 0.3) is 0 Å². The zero-order valence-corrected chi connectivity index (χ0v) is 11.2. The van der Waals surface area contributed by atoms with Gasteiger partial charge in [0.1, 0.15) is 18.2 Å². The highest BCUT2D eigenvalue weighted by Gasteiger charge is 2.13. The maximum absolute atomic E-state index is 5.81. The highest BCUT2D eigenvalue weighted by Crippen LogP contribution is 2.24. The van der Waals surface area contributed by atoms with Gasteiger partial charge in [-0.2, -0.15) is 5.10 Å². The lowest BCUT2D eigenvalue weighted by atomic mass is 10.2. The van der Waals surface area contributed by atoms with E-state index in [1.165, 1.54) is 0 Å². The van der Waals surface area contributed by atoms with Gasteiger partial charge in [-0.15, -0.1) is 0 Å². The van der Waals surface area contributed by atoms with Crippen LogP contribution >= 0.6 is 0 Å². The largest absolute Gasteiger partial charge is 0.489 e. The molecule has 0 radical (unpaired) electrons. The van der Waals surface area contributed by atoms with Crippen molar-refractivity contribution < 1.29 is 4.74 Å². The van der Waals surface area contributed by atoms with Gasteiger partial charge < -0.3 is 10.5 Å². The molecule has 4 nitrogen and oxygen atoms in total. The third-order valence-corrected chi connectivity index (χ3v) is 3.19. The minimum atomic E-state index is 0.565. The molecular weight excluding hydrogens is 250 g/mol. The Morgan fingerprint density at radius 2 is 1.95 bits per heavy atom. The average Bonchev–Trinajstić information content (AvgIpc) is 2.93. The van der Waals surface area contributed by atoms with Crippen LogP contribution in [0.3, 0.4) is 0 Å². The van der Waals surface area contributed by atoms with E-state index in [2.05, 4.69) is 17.2 Å². The van der Waals surface area contributed by atoms with E-state index in [-0.39, 0.29) is 0 Å². The van der Waals surface area contributed by atoms with Crippen molar-refractivity contribution in [2.45, 2.75) is 13.0 Å². The smallest absolute Gasteiger partial charge is 0.122 e. The summed E-state index contributed by atoms with van der Waals surface area (Å²) in [7, 11) is 0. The van der Waals surface area contributed by atoms with Crippen molar-refractivity contribution in [1.29, 1.82) is 0 Å². The van der Waals surface area contributed by atoms with Crippen LogP contribution in [-0.4, -0.2) is 12.4 Å². The van der Waals surface area contributed by atoms with E-state index in [1.807, 2.05) is 47.5 Å². The molecule has 0 unspecified atom stereocenters. The van der Waals surface area contributed by atoms with Crippen molar-refractivity contribution in [3.8, 4) is 5.75 Å². The van der Waals surface area contributed by atoms with Gasteiger partial charge in [0.2, 0.25) is 0 Å². The van der Waals surface area contributed by atoms with Gasteiger partial charge in [-0.25, -0.2) is 0 Å². The van der Waals surface area contributed by atoms with Crippen molar-refractivity contribution in [1.82, 2.24) is 0 Å². The molecular formula is C16H17N3O. The summed E-state index contributed by atoms with van der Waals surface area (Å²) in [4.78, 5) is 0. The molecule has 102 valence electrons. The predicted octanol–water partition coefficient (Wildman–Crippen LogP) is 2.75. The summed E-state index contributed by atoms with van der Waals surface area (Å²) in [6.07, 6.45) is 0.815. The SMILES string of the molecule is NC1=NN(c2cccc(OCc3ccccc3)c2)CC1.